The molecule has 0 aliphatic rings. The predicted octanol–water partition coefficient (Wildman–Crippen LogP) is 5.31. The van der Waals surface area contributed by atoms with E-state index in [1.807, 2.05) is 0 Å². The minimum atomic E-state index is -0.689. The Hall–Kier alpha value is -2.12. The lowest BCUT2D eigenvalue weighted by Crippen LogP contribution is -2.41. The molecule has 0 N–H and O–H groups in total. The minimum absolute atomic E-state index is 0.0194. The fourth-order valence-corrected chi connectivity index (χ4v) is 5.66. The minimum Gasteiger partial charge on any atom is -0.0699 e. The van der Waals surface area contributed by atoms with Gasteiger partial charge in [-0.25, -0.2) is 0 Å². The summed E-state index contributed by atoms with van der Waals surface area (Å²) in [5, 5.41) is -0.0194. The predicted molar refractivity (Wildman–Crippen MR) is 96.7 cm³/mol. The van der Waals surface area contributed by atoms with Crippen LogP contribution >= 0.6 is 0 Å². The highest BCUT2D eigenvalue weighted by molar-refractivity contribution is 6.61. The lowest BCUT2D eigenvalue weighted by molar-refractivity contribution is 0.849. The van der Waals surface area contributed by atoms with Crippen LogP contribution in [-0.4, -0.2) is 8.80 Å². The lowest BCUT2D eigenvalue weighted by atomic mass is 9.84. The Bertz CT molecular complexity index is 606. The van der Waals surface area contributed by atoms with Gasteiger partial charge >= 0.3 is 0 Å². The van der Waals surface area contributed by atoms with Gasteiger partial charge in [-0.3, -0.25) is 0 Å². The first kappa shape index (κ1) is 14.8. The third kappa shape index (κ3) is 2.42. The number of hydrogen-bond donors (Lipinski definition) is 0. The van der Waals surface area contributed by atoms with E-state index in [2.05, 4.69) is 104 Å². The van der Waals surface area contributed by atoms with Gasteiger partial charge in [0.2, 0.25) is 0 Å². The highest BCUT2D eigenvalue weighted by Crippen LogP contribution is 2.41. The summed E-state index contributed by atoms with van der Waals surface area (Å²) in [6.45, 7) is 4.83. The highest BCUT2D eigenvalue weighted by atomic mass is 28.3. The van der Waals surface area contributed by atoms with Crippen molar-refractivity contribution in [3.05, 3.63) is 108 Å². The average Bonchev–Trinajstić information content (AvgIpc) is 2.58. The largest absolute Gasteiger partial charge is 0.0699 e. The zero-order valence-corrected chi connectivity index (χ0v) is 14.2. The number of rotatable bonds is 4. The molecule has 0 bridgehead atoms. The molecule has 0 fully saturated rings. The van der Waals surface area contributed by atoms with Crippen molar-refractivity contribution in [2.24, 2.45) is 0 Å². The quantitative estimate of drug-likeness (QED) is 0.452. The van der Waals surface area contributed by atoms with E-state index < -0.39 is 8.80 Å². The summed E-state index contributed by atoms with van der Waals surface area (Å²) in [6, 6.07) is 32.9. The molecular weight excluding hydrogens is 280 g/mol. The fraction of sp³-hybridized carbons (Fsp3) is 0.143. The summed E-state index contributed by atoms with van der Waals surface area (Å²) in [4.78, 5) is 0. The topological polar surface area (TPSA) is 0 Å². The average molecular weight is 301 g/mol. The van der Waals surface area contributed by atoms with Crippen molar-refractivity contribution in [2.45, 2.75) is 18.1 Å². The van der Waals surface area contributed by atoms with Gasteiger partial charge in [0, 0.05) is 5.04 Å². The molecule has 0 amide bonds. The Morgan fingerprint density at radius 1 is 0.500 bits per heavy atom. The van der Waals surface area contributed by atoms with Crippen LogP contribution in [0.3, 0.4) is 0 Å². The van der Waals surface area contributed by atoms with Crippen LogP contribution in [-0.2, 0) is 5.04 Å². The van der Waals surface area contributed by atoms with Gasteiger partial charge in [-0.05, 0) is 16.7 Å². The first-order chi connectivity index (χ1) is 10.8. The molecule has 0 aromatic heterocycles. The SMILES string of the molecule is C[Si](C)C(c1ccccc1)(c1ccccc1)c1ccccc1. The Morgan fingerprint density at radius 2 is 0.773 bits per heavy atom. The number of hydrogen-bond acceptors (Lipinski definition) is 0. The highest BCUT2D eigenvalue weighted by Gasteiger charge is 2.39. The van der Waals surface area contributed by atoms with Crippen LogP contribution in [0.5, 0.6) is 0 Å². The monoisotopic (exact) mass is 301 g/mol. The summed E-state index contributed by atoms with van der Waals surface area (Å²) < 4.78 is 0. The van der Waals surface area contributed by atoms with Gasteiger partial charge in [-0.1, -0.05) is 104 Å². The lowest BCUT2D eigenvalue weighted by Gasteiger charge is -2.39. The normalized spacial score (nSPS) is 11.6. The molecule has 3 rings (SSSR count). The van der Waals surface area contributed by atoms with E-state index in [-0.39, 0.29) is 5.04 Å². The van der Waals surface area contributed by atoms with Crippen molar-refractivity contribution in [2.75, 3.05) is 0 Å². The van der Waals surface area contributed by atoms with Crippen molar-refractivity contribution in [1.82, 2.24) is 0 Å². The van der Waals surface area contributed by atoms with Crippen LogP contribution in [0.15, 0.2) is 91.0 Å². The summed E-state index contributed by atoms with van der Waals surface area (Å²) in [5.41, 5.74) is 4.18. The van der Waals surface area contributed by atoms with E-state index in [9.17, 15) is 0 Å². The maximum atomic E-state index is 2.41. The van der Waals surface area contributed by atoms with Gasteiger partial charge in [-0.2, -0.15) is 0 Å². The van der Waals surface area contributed by atoms with Gasteiger partial charge in [0.15, 0.2) is 0 Å². The van der Waals surface area contributed by atoms with Crippen LogP contribution in [0.4, 0.5) is 0 Å². The molecule has 0 aliphatic heterocycles. The molecule has 3 aromatic carbocycles. The fourth-order valence-electron chi connectivity index (χ4n) is 3.43. The Morgan fingerprint density at radius 3 is 1.00 bits per heavy atom. The van der Waals surface area contributed by atoms with E-state index in [0.29, 0.717) is 0 Å². The molecule has 1 radical (unpaired) electrons. The Balaban J connectivity index is 2.34. The molecule has 0 aliphatic carbocycles. The summed E-state index contributed by atoms with van der Waals surface area (Å²) >= 11 is 0. The molecule has 1 heteroatoms. The van der Waals surface area contributed by atoms with Gasteiger partial charge in [-0.15, -0.1) is 0 Å². The summed E-state index contributed by atoms with van der Waals surface area (Å²) in [6.07, 6.45) is 0. The second-order valence-corrected chi connectivity index (χ2v) is 8.60. The first-order valence-corrected chi connectivity index (χ1v) is 10.2. The standard InChI is InChI=1S/C21H21Si/c1-22(2)21(18-12-6-3-7-13-18,19-14-8-4-9-15-19)20-16-10-5-11-17-20/h3-17H,1-2H3. The van der Waals surface area contributed by atoms with Crippen LogP contribution in [0.25, 0.3) is 0 Å². The van der Waals surface area contributed by atoms with E-state index in [4.69, 9.17) is 0 Å². The summed E-state index contributed by atoms with van der Waals surface area (Å²) in [7, 11) is -0.689. The van der Waals surface area contributed by atoms with Crippen LogP contribution in [0.2, 0.25) is 13.1 Å². The Labute approximate surface area is 135 Å². The molecule has 0 unspecified atom stereocenters. The molecule has 0 saturated heterocycles. The van der Waals surface area contributed by atoms with Crippen molar-refractivity contribution in [3.63, 3.8) is 0 Å². The molecule has 0 heterocycles. The smallest absolute Gasteiger partial charge is 0.0656 e. The summed E-state index contributed by atoms with van der Waals surface area (Å²) in [5.74, 6) is 0. The third-order valence-electron chi connectivity index (χ3n) is 4.37. The first-order valence-electron chi connectivity index (χ1n) is 7.73. The van der Waals surface area contributed by atoms with E-state index in [1.54, 1.807) is 0 Å². The maximum Gasteiger partial charge on any atom is 0.0656 e. The van der Waals surface area contributed by atoms with Gasteiger partial charge < -0.3 is 0 Å². The van der Waals surface area contributed by atoms with Crippen LogP contribution in [0.1, 0.15) is 16.7 Å². The Kier molecular flexibility index (Phi) is 4.26. The maximum absolute atomic E-state index is 2.41. The third-order valence-corrected chi connectivity index (χ3v) is 6.74. The van der Waals surface area contributed by atoms with Crippen molar-refractivity contribution >= 4 is 8.80 Å². The molecule has 0 saturated carbocycles. The number of benzene rings is 3. The second-order valence-electron chi connectivity index (χ2n) is 5.85. The van der Waals surface area contributed by atoms with Gasteiger partial charge in [0.05, 0.1) is 8.80 Å². The van der Waals surface area contributed by atoms with Crippen molar-refractivity contribution in [3.8, 4) is 0 Å². The van der Waals surface area contributed by atoms with E-state index in [1.165, 1.54) is 16.7 Å². The van der Waals surface area contributed by atoms with Crippen LogP contribution < -0.4 is 0 Å². The molecule has 0 atom stereocenters. The molecular formula is C21H21Si. The van der Waals surface area contributed by atoms with Crippen LogP contribution in [0, 0.1) is 0 Å². The molecule has 0 nitrogen and oxygen atoms in total. The van der Waals surface area contributed by atoms with Crippen molar-refractivity contribution < 1.29 is 0 Å². The molecule has 109 valence electrons. The van der Waals surface area contributed by atoms with Gasteiger partial charge in [0.1, 0.15) is 0 Å². The zero-order chi connectivity index (χ0) is 15.4. The zero-order valence-electron chi connectivity index (χ0n) is 13.2. The molecule has 22 heavy (non-hydrogen) atoms. The second kappa shape index (κ2) is 6.33. The molecule has 3 aromatic rings. The van der Waals surface area contributed by atoms with E-state index in [0.717, 1.165) is 0 Å². The van der Waals surface area contributed by atoms with E-state index >= 15 is 0 Å². The molecule has 0 spiro atoms. The van der Waals surface area contributed by atoms with Gasteiger partial charge in [0.25, 0.3) is 0 Å². The van der Waals surface area contributed by atoms with Crippen molar-refractivity contribution in [1.29, 1.82) is 0 Å².